The maximum atomic E-state index is 13.8. The molecule has 1 heterocycles. The van der Waals surface area contributed by atoms with Gasteiger partial charge in [0.2, 0.25) is 0 Å². The molecule has 9 heteroatoms. The summed E-state index contributed by atoms with van der Waals surface area (Å²) in [6.45, 7) is 4.96. The van der Waals surface area contributed by atoms with Crippen molar-refractivity contribution in [3.05, 3.63) is 53.6 Å². The van der Waals surface area contributed by atoms with E-state index in [1.807, 2.05) is 25.1 Å². The van der Waals surface area contributed by atoms with Crippen molar-refractivity contribution in [2.45, 2.75) is 32.2 Å². The van der Waals surface area contributed by atoms with Gasteiger partial charge in [-0.15, -0.1) is 24.0 Å². The Morgan fingerprint density at radius 1 is 1.06 bits per heavy atom. The minimum atomic E-state index is -0.566. The molecule has 1 aliphatic rings. The molecule has 0 amide bonds. The molecular formula is C24H33F2IN4O2. The molecule has 3 rings (SSSR count). The van der Waals surface area contributed by atoms with Gasteiger partial charge in [0.05, 0.1) is 14.2 Å². The second-order valence-corrected chi connectivity index (χ2v) is 7.72. The van der Waals surface area contributed by atoms with E-state index in [4.69, 9.17) is 9.47 Å². The monoisotopic (exact) mass is 574 g/mol. The molecule has 0 saturated carbocycles. The Labute approximate surface area is 211 Å². The summed E-state index contributed by atoms with van der Waals surface area (Å²) >= 11 is 0. The van der Waals surface area contributed by atoms with Gasteiger partial charge in [-0.25, -0.2) is 8.78 Å². The number of nitrogens with zero attached hydrogens (tertiary/aromatic N) is 2. The van der Waals surface area contributed by atoms with E-state index in [0.717, 1.165) is 61.7 Å². The molecule has 0 radical (unpaired) electrons. The zero-order valence-corrected chi connectivity index (χ0v) is 21.7. The molecule has 0 atom stereocenters. The molecule has 1 saturated heterocycles. The lowest BCUT2D eigenvalue weighted by Crippen LogP contribution is -2.48. The number of piperidine rings is 1. The molecule has 6 nitrogen and oxygen atoms in total. The van der Waals surface area contributed by atoms with Crippen LogP contribution in [0.4, 0.5) is 14.5 Å². The Morgan fingerprint density at radius 3 is 2.30 bits per heavy atom. The van der Waals surface area contributed by atoms with Gasteiger partial charge in [0.15, 0.2) is 5.96 Å². The number of aliphatic imine (C=N–C) groups is 1. The lowest BCUT2D eigenvalue weighted by Gasteiger charge is -2.34. The van der Waals surface area contributed by atoms with E-state index in [-0.39, 0.29) is 24.0 Å². The third kappa shape index (κ3) is 7.90. The van der Waals surface area contributed by atoms with E-state index in [1.54, 1.807) is 14.2 Å². The first-order valence-corrected chi connectivity index (χ1v) is 11.0. The third-order valence-corrected chi connectivity index (χ3v) is 5.55. The normalized spacial score (nSPS) is 14.5. The predicted molar refractivity (Wildman–Crippen MR) is 139 cm³/mol. The van der Waals surface area contributed by atoms with E-state index in [1.165, 1.54) is 12.1 Å². The maximum absolute atomic E-state index is 13.8. The Balaban J connectivity index is 0.00000385. The summed E-state index contributed by atoms with van der Waals surface area (Å²) < 4.78 is 37.7. The van der Waals surface area contributed by atoms with Crippen molar-refractivity contribution in [1.29, 1.82) is 0 Å². The first-order valence-electron chi connectivity index (χ1n) is 11.0. The van der Waals surface area contributed by atoms with Crippen LogP contribution in [0.2, 0.25) is 0 Å². The fourth-order valence-corrected chi connectivity index (χ4v) is 3.78. The summed E-state index contributed by atoms with van der Waals surface area (Å²) in [5, 5.41) is 6.74. The Kier molecular flexibility index (Phi) is 11.0. The number of hydrogen-bond donors (Lipinski definition) is 2. The highest BCUT2D eigenvalue weighted by Crippen LogP contribution is 2.30. The van der Waals surface area contributed by atoms with Gasteiger partial charge < -0.3 is 25.0 Å². The van der Waals surface area contributed by atoms with Crippen LogP contribution in [0, 0.1) is 11.6 Å². The number of guanidine groups is 1. The van der Waals surface area contributed by atoms with Crippen LogP contribution in [-0.2, 0) is 6.42 Å². The van der Waals surface area contributed by atoms with Crippen LogP contribution in [0.15, 0.2) is 41.4 Å². The Hall–Kier alpha value is -2.30. The highest BCUT2D eigenvalue weighted by molar-refractivity contribution is 14.0. The van der Waals surface area contributed by atoms with E-state index >= 15 is 0 Å². The van der Waals surface area contributed by atoms with E-state index in [2.05, 4.69) is 20.5 Å². The Morgan fingerprint density at radius 2 is 1.73 bits per heavy atom. The molecule has 0 aliphatic carbocycles. The molecule has 2 N–H and O–H groups in total. The largest absolute Gasteiger partial charge is 0.497 e. The molecule has 1 aliphatic heterocycles. The van der Waals surface area contributed by atoms with Crippen LogP contribution in [0.1, 0.15) is 25.3 Å². The summed E-state index contributed by atoms with van der Waals surface area (Å²) in [6.07, 6.45) is 2.33. The van der Waals surface area contributed by atoms with Gasteiger partial charge >= 0.3 is 0 Å². The molecular weight excluding hydrogens is 541 g/mol. The van der Waals surface area contributed by atoms with Crippen LogP contribution >= 0.6 is 24.0 Å². The average Bonchev–Trinajstić information content (AvgIpc) is 2.80. The van der Waals surface area contributed by atoms with Crippen LogP contribution in [0.5, 0.6) is 11.5 Å². The van der Waals surface area contributed by atoms with E-state index in [9.17, 15) is 8.78 Å². The summed E-state index contributed by atoms with van der Waals surface area (Å²) in [5.41, 5.74) is 1.55. The molecule has 182 valence electrons. The fraction of sp³-hybridized carbons (Fsp3) is 0.458. The average molecular weight is 574 g/mol. The van der Waals surface area contributed by atoms with Gasteiger partial charge in [-0.2, -0.15) is 0 Å². The van der Waals surface area contributed by atoms with Gasteiger partial charge in [0.1, 0.15) is 23.1 Å². The second kappa shape index (κ2) is 13.4. The molecule has 2 aromatic carbocycles. The second-order valence-electron chi connectivity index (χ2n) is 7.72. The molecule has 33 heavy (non-hydrogen) atoms. The van der Waals surface area contributed by atoms with Crippen molar-refractivity contribution in [2.75, 3.05) is 45.3 Å². The lowest BCUT2D eigenvalue weighted by atomic mass is 10.0. The SMILES string of the molecule is CCNC(=NCCc1ccc(F)cc1F)NC1CCN(c2cc(OC)cc(OC)c2)CC1.I. The van der Waals surface area contributed by atoms with Crippen molar-refractivity contribution >= 4 is 35.6 Å². The zero-order valence-electron chi connectivity index (χ0n) is 19.4. The van der Waals surface area contributed by atoms with E-state index < -0.39 is 11.6 Å². The van der Waals surface area contributed by atoms with Gasteiger partial charge in [-0.05, 0) is 37.8 Å². The number of benzene rings is 2. The van der Waals surface area contributed by atoms with Crippen molar-refractivity contribution in [1.82, 2.24) is 10.6 Å². The number of anilines is 1. The van der Waals surface area contributed by atoms with Gasteiger partial charge in [-0.3, -0.25) is 4.99 Å². The quantitative estimate of drug-likeness (QED) is 0.279. The number of ether oxygens (including phenoxy) is 2. The van der Waals surface area contributed by atoms with Crippen LogP contribution in [0.3, 0.4) is 0 Å². The van der Waals surface area contributed by atoms with Gasteiger partial charge in [0, 0.05) is 62.2 Å². The zero-order chi connectivity index (χ0) is 22.9. The molecule has 2 aromatic rings. The molecule has 0 unspecified atom stereocenters. The molecule has 0 bridgehead atoms. The maximum Gasteiger partial charge on any atom is 0.191 e. The summed E-state index contributed by atoms with van der Waals surface area (Å²) in [5.74, 6) is 1.18. The molecule has 1 fully saturated rings. The third-order valence-electron chi connectivity index (χ3n) is 5.55. The highest BCUT2D eigenvalue weighted by Gasteiger charge is 2.21. The number of rotatable bonds is 8. The van der Waals surface area contributed by atoms with Crippen LogP contribution in [0.25, 0.3) is 0 Å². The summed E-state index contributed by atoms with van der Waals surface area (Å²) in [6, 6.07) is 9.87. The number of methoxy groups -OCH3 is 2. The number of halogens is 3. The van der Waals surface area contributed by atoms with Crippen LogP contribution < -0.4 is 25.0 Å². The van der Waals surface area contributed by atoms with Crippen molar-refractivity contribution in [3.8, 4) is 11.5 Å². The summed E-state index contributed by atoms with van der Waals surface area (Å²) in [4.78, 5) is 6.90. The fourth-order valence-electron chi connectivity index (χ4n) is 3.78. The Bertz CT molecular complexity index is 899. The summed E-state index contributed by atoms with van der Waals surface area (Å²) in [7, 11) is 3.31. The van der Waals surface area contributed by atoms with Gasteiger partial charge in [-0.1, -0.05) is 6.07 Å². The standard InChI is InChI=1S/C24H32F2N4O2.HI/c1-4-27-24(28-10-7-17-5-6-18(25)13-23(17)26)29-19-8-11-30(12-9-19)20-14-21(31-2)16-22(15-20)32-3;/h5-6,13-16,19H,4,7-12H2,1-3H3,(H2,27,28,29);1H. The highest BCUT2D eigenvalue weighted by atomic mass is 127. The van der Waals surface area contributed by atoms with Crippen LogP contribution in [-0.4, -0.2) is 52.4 Å². The van der Waals surface area contributed by atoms with Crippen molar-refractivity contribution < 1.29 is 18.3 Å². The number of nitrogens with one attached hydrogen (secondary N) is 2. The topological polar surface area (TPSA) is 58.1 Å². The van der Waals surface area contributed by atoms with Crippen molar-refractivity contribution in [2.24, 2.45) is 4.99 Å². The smallest absolute Gasteiger partial charge is 0.191 e. The van der Waals surface area contributed by atoms with E-state index in [0.29, 0.717) is 24.6 Å². The molecule has 0 aromatic heterocycles. The van der Waals surface area contributed by atoms with Gasteiger partial charge in [0.25, 0.3) is 0 Å². The molecule has 0 spiro atoms. The first-order chi connectivity index (χ1) is 15.5. The minimum Gasteiger partial charge on any atom is -0.497 e. The van der Waals surface area contributed by atoms with Crippen molar-refractivity contribution in [3.63, 3.8) is 0 Å². The minimum absolute atomic E-state index is 0. The predicted octanol–water partition coefficient (Wildman–Crippen LogP) is 4.37. The lowest BCUT2D eigenvalue weighted by molar-refractivity contribution is 0.393. The number of hydrogen-bond acceptors (Lipinski definition) is 4. The first kappa shape index (κ1) is 26.9.